The Bertz CT molecular complexity index is 395. The van der Waals surface area contributed by atoms with Crippen molar-refractivity contribution >= 4 is 27.6 Å². The van der Waals surface area contributed by atoms with E-state index < -0.39 is 23.4 Å². The summed E-state index contributed by atoms with van der Waals surface area (Å²) >= 11 is 2.90. The number of hydrogen-bond donors (Lipinski definition) is 1. The predicted octanol–water partition coefficient (Wildman–Crippen LogP) is 2.23. The molecule has 0 fully saturated rings. The van der Waals surface area contributed by atoms with Crippen LogP contribution in [-0.2, 0) is 4.79 Å². The molecule has 0 aliphatic rings. The van der Waals surface area contributed by atoms with Gasteiger partial charge in [-0.1, -0.05) is 0 Å². The third kappa shape index (κ3) is 2.01. The molecule has 0 heterocycles. The number of ether oxygens (including phenoxy) is 1. The van der Waals surface area contributed by atoms with Crippen LogP contribution in [0.1, 0.15) is 6.92 Å². The molecule has 0 saturated heterocycles. The highest BCUT2D eigenvalue weighted by molar-refractivity contribution is 9.10. The van der Waals surface area contributed by atoms with Crippen LogP contribution in [0.4, 0.5) is 14.5 Å². The van der Waals surface area contributed by atoms with Crippen molar-refractivity contribution < 1.29 is 18.3 Å². The number of nitrogen functional groups attached to an aromatic ring is 1. The van der Waals surface area contributed by atoms with E-state index in [-0.39, 0.29) is 10.2 Å². The third-order valence-corrected chi connectivity index (χ3v) is 2.07. The highest BCUT2D eigenvalue weighted by atomic mass is 79.9. The molecule has 1 aromatic rings. The first-order valence-corrected chi connectivity index (χ1v) is 4.34. The smallest absolute Gasteiger partial charge is 0.308 e. The number of carbonyl (C=O) groups is 1. The van der Waals surface area contributed by atoms with Crippen molar-refractivity contribution in [3.8, 4) is 5.75 Å². The number of hydrogen-bond acceptors (Lipinski definition) is 3. The molecule has 0 amide bonds. The number of rotatable bonds is 1. The first-order chi connectivity index (χ1) is 6.43. The molecule has 76 valence electrons. The van der Waals surface area contributed by atoms with Gasteiger partial charge in [-0.25, -0.2) is 4.39 Å². The maximum absolute atomic E-state index is 13.0. The minimum absolute atomic E-state index is 0.132. The Labute approximate surface area is 87.0 Å². The Morgan fingerprint density at radius 2 is 2.07 bits per heavy atom. The van der Waals surface area contributed by atoms with Crippen LogP contribution in [0, 0.1) is 11.6 Å². The zero-order valence-electron chi connectivity index (χ0n) is 7.11. The second-order valence-electron chi connectivity index (χ2n) is 2.49. The van der Waals surface area contributed by atoms with Crippen LogP contribution in [0.3, 0.4) is 0 Å². The molecule has 0 aliphatic heterocycles. The van der Waals surface area contributed by atoms with Crippen molar-refractivity contribution in [3.05, 3.63) is 22.2 Å². The van der Waals surface area contributed by atoms with Crippen LogP contribution in [0.5, 0.6) is 5.75 Å². The quantitative estimate of drug-likeness (QED) is 0.367. The van der Waals surface area contributed by atoms with E-state index in [4.69, 9.17) is 5.73 Å². The average molecular weight is 266 g/mol. The summed E-state index contributed by atoms with van der Waals surface area (Å²) < 4.78 is 30.6. The molecular weight excluding hydrogens is 260 g/mol. The number of esters is 1. The number of nitrogens with two attached hydrogens (primary N) is 1. The second kappa shape index (κ2) is 3.91. The Hall–Kier alpha value is -1.17. The Morgan fingerprint density at radius 3 is 2.57 bits per heavy atom. The van der Waals surface area contributed by atoms with Crippen molar-refractivity contribution in [2.45, 2.75) is 6.92 Å². The normalized spacial score (nSPS) is 10.0. The molecule has 0 atom stereocenters. The Morgan fingerprint density at radius 1 is 1.50 bits per heavy atom. The Kier molecular flexibility index (Phi) is 3.05. The van der Waals surface area contributed by atoms with E-state index >= 15 is 0 Å². The van der Waals surface area contributed by atoms with Gasteiger partial charge in [0.2, 0.25) is 5.82 Å². The maximum Gasteiger partial charge on any atom is 0.308 e. The molecule has 0 saturated carbocycles. The maximum atomic E-state index is 13.0. The zero-order valence-corrected chi connectivity index (χ0v) is 8.69. The van der Waals surface area contributed by atoms with E-state index in [9.17, 15) is 13.6 Å². The van der Waals surface area contributed by atoms with Gasteiger partial charge in [0.25, 0.3) is 0 Å². The molecule has 1 aromatic carbocycles. The molecule has 1 rings (SSSR count). The van der Waals surface area contributed by atoms with Crippen molar-refractivity contribution in [2.24, 2.45) is 0 Å². The first-order valence-electron chi connectivity index (χ1n) is 3.55. The van der Waals surface area contributed by atoms with Crippen molar-refractivity contribution in [1.29, 1.82) is 0 Å². The lowest BCUT2D eigenvalue weighted by atomic mass is 10.3. The van der Waals surface area contributed by atoms with Gasteiger partial charge in [-0.2, -0.15) is 4.39 Å². The van der Waals surface area contributed by atoms with Gasteiger partial charge >= 0.3 is 5.97 Å². The van der Waals surface area contributed by atoms with E-state index in [1.165, 1.54) is 0 Å². The summed E-state index contributed by atoms with van der Waals surface area (Å²) in [5.74, 6) is -3.74. The van der Waals surface area contributed by atoms with Crippen LogP contribution in [0.2, 0.25) is 0 Å². The summed E-state index contributed by atoms with van der Waals surface area (Å²) in [5, 5.41) is 0. The predicted molar refractivity (Wildman–Crippen MR) is 49.8 cm³/mol. The van der Waals surface area contributed by atoms with E-state index in [1.54, 1.807) is 0 Å². The SMILES string of the molecule is CC(=O)Oc1cc(Br)c(N)c(F)c1F. The summed E-state index contributed by atoms with van der Waals surface area (Å²) in [6.07, 6.45) is 0. The molecular formula is C8H6BrF2NO2. The molecule has 0 aliphatic carbocycles. The lowest BCUT2D eigenvalue weighted by molar-refractivity contribution is -0.132. The van der Waals surface area contributed by atoms with Crippen molar-refractivity contribution in [3.63, 3.8) is 0 Å². The van der Waals surface area contributed by atoms with E-state index in [2.05, 4.69) is 20.7 Å². The number of benzene rings is 1. The number of carbonyl (C=O) groups excluding carboxylic acids is 1. The molecule has 0 unspecified atom stereocenters. The summed E-state index contributed by atoms with van der Waals surface area (Å²) in [7, 11) is 0. The highest BCUT2D eigenvalue weighted by Crippen LogP contribution is 2.31. The van der Waals surface area contributed by atoms with Crippen LogP contribution < -0.4 is 10.5 Å². The summed E-state index contributed by atoms with van der Waals surface area (Å²) in [4.78, 5) is 10.5. The van der Waals surface area contributed by atoms with E-state index in [0.717, 1.165) is 13.0 Å². The van der Waals surface area contributed by atoms with Gasteiger partial charge in [-0.3, -0.25) is 4.79 Å². The zero-order chi connectivity index (χ0) is 10.9. The minimum atomic E-state index is -1.28. The van der Waals surface area contributed by atoms with Crippen LogP contribution in [0.25, 0.3) is 0 Å². The fourth-order valence-corrected chi connectivity index (χ4v) is 1.20. The largest absolute Gasteiger partial charge is 0.423 e. The van der Waals surface area contributed by atoms with Gasteiger partial charge in [-0.15, -0.1) is 0 Å². The fraction of sp³-hybridized carbons (Fsp3) is 0.125. The molecule has 6 heteroatoms. The molecule has 2 N–H and O–H groups in total. The second-order valence-corrected chi connectivity index (χ2v) is 3.35. The van der Waals surface area contributed by atoms with Crippen molar-refractivity contribution in [1.82, 2.24) is 0 Å². The lowest BCUT2D eigenvalue weighted by Crippen LogP contribution is -2.06. The van der Waals surface area contributed by atoms with Crippen LogP contribution in [-0.4, -0.2) is 5.97 Å². The standard InChI is InChI=1S/C8H6BrF2NO2/c1-3(13)14-5-2-4(9)8(12)7(11)6(5)10/h2H,12H2,1H3. The van der Waals surface area contributed by atoms with Crippen LogP contribution in [0.15, 0.2) is 10.5 Å². The third-order valence-electron chi connectivity index (χ3n) is 1.41. The first kappa shape index (κ1) is 10.9. The number of anilines is 1. The van der Waals surface area contributed by atoms with E-state index in [0.29, 0.717) is 0 Å². The van der Waals surface area contributed by atoms with Gasteiger partial charge in [0.05, 0.1) is 5.69 Å². The summed E-state index contributed by atoms with van der Waals surface area (Å²) in [6, 6.07) is 1.09. The molecule has 0 aromatic heterocycles. The van der Waals surface area contributed by atoms with Gasteiger partial charge in [-0.05, 0) is 15.9 Å². The minimum Gasteiger partial charge on any atom is -0.423 e. The molecule has 0 bridgehead atoms. The molecule has 0 spiro atoms. The monoisotopic (exact) mass is 265 g/mol. The Balaban J connectivity index is 3.25. The van der Waals surface area contributed by atoms with Crippen molar-refractivity contribution in [2.75, 3.05) is 5.73 Å². The summed E-state index contributed by atoms with van der Waals surface area (Å²) in [6.45, 7) is 1.08. The highest BCUT2D eigenvalue weighted by Gasteiger charge is 2.17. The molecule has 14 heavy (non-hydrogen) atoms. The van der Waals surface area contributed by atoms with Crippen LogP contribution >= 0.6 is 15.9 Å². The average Bonchev–Trinajstić information content (AvgIpc) is 2.10. The van der Waals surface area contributed by atoms with E-state index in [1.807, 2.05) is 0 Å². The molecule has 0 radical (unpaired) electrons. The summed E-state index contributed by atoms with van der Waals surface area (Å²) in [5.41, 5.74) is 4.82. The number of halogens is 3. The topological polar surface area (TPSA) is 52.3 Å². The lowest BCUT2D eigenvalue weighted by Gasteiger charge is -2.06. The van der Waals surface area contributed by atoms with Gasteiger partial charge < -0.3 is 10.5 Å². The molecule has 3 nitrogen and oxygen atoms in total. The van der Waals surface area contributed by atoms with Gasteiger partial charge in [0.1, 0.15) is 0 Å². The fourth-order valence-electron chi connectivity index (χ4n) is 0.817. The van der Waals surface area contributed by atoms with Gasteiger partial charge in [0, 0.05) is 17.5 Å². The van der Waals surface area contributed by atoms with Gasteiger partial charge in [0.15, 0.2) is 11.6 Å².